The maximum absolute atomic E-state index is 12.3. The Hall–Kier alpha value is -1.23. The quantitative estimate of drug-likeness (QED) is 0.754. The highest BCUT2D eigenvalue weighted by molar-refractivity contribution is 9.09. The monoisotopic (exact) mass is 369 g/mol. The third-order valence-corrected chi connectivity index (χ3v) is 4.64. The fraction of sp³-hybridized carbons (Fsp3) is 0.588. The Morgan fingerprint density at radius 1 is 1.36 bits per heavy atom. The first-order chi connectivity index (χ1) is 10.3. The summed E-state index contributed by atoms with van der Waals surface area (Å²) in [4.78, 5) is 14.1. The molecule has 4 nitrogen and oxygen atoms in total. The standard InChI is InChI=1S/C17H24BrNO3/c1-17(2,3)22-16(20)19-10-13(9-18)15(11-19)12-6-5-7-14(8-12)21-4/h5-8,13,15H,9-11H2,1-4H3/t13-,15+/m1/s1. The highest BCUT2D eigenvalue weighted by Gasteiger charge is 2.37. The van der Waals surface area contributed by atoms with Crippen molar-refractivity contribution in [2.75, 3.05) is 25.5 Å². The zero-order chi connectivity index (χ0) is 16.3. The van der Waals surface area contributed by atoms with Gasteiger partial charge in [-0.25, -0.2) is 4.79 Å². The van der Waals surface area contributed by atoms with Crippen molar-refractivity contribution in [1.29, 1.82) is 0 Å². The van der Waals surface area contributed by atoms with Crippen molar-refractivity contribution < 1.29 is 14.3 Å². The number of alkyl halides is 1. The molecule has 1 fully saturated rings. The van der Waals surface area contributed by atoms with Crippen molar-refractivity contribution in [2.45, 2.75) is 32.3 Å². The van der Waals surface area contributed by atoms with Crippen molar-refractivity contribution >= 4 is 22.0 Å². The molecule has 0 aliphatic carbocycles. The molecule has 0 spiro atoms. The summed E-state index contributed by atoms with van der Waals surface area (Å²) in [6.07, 6.45) is -0.233. The van der Waals surface area contributed by atoms with E-state index in [1.165, 1.54) is 5.56 Å². The molecule has 2 atom stereocenters. The van der Waals surface area contributed by atoms with Gasteiger partial charge in [-0.05, 0) is 44.4 Å². The first kappa shape index (κ1) is 17.1. The van der Waals surface area contributed by atoms with Gasteiger partial charge >= 0.3 is 6.09 Å². The van der Waals surface area contributed by atoms with Gasteiger partial charge in [0.15, 0.2) is 0 Å². The van der Waals surface area contributed by atoms with Crippen LogP contribution in [-0.4, -0.2) is 42.1 Å². The number of likely N-dealkylation sites (tertiary alicyclic amines) is 1. The number of ether oxygens (including phenoxy) is 2. The smallest absolute Gasteiger partial charge is 0.410 e. The van der Waals surface area contributed by atoms with E-state index in [-0.39, 0.29) is 6.09 Å². The molecule has 22 heavy (non-hydrogen) atoms. The summed E-state index contributed by atoms with van der Waals surface area (Å²) in [5.41, 5.74) is 0.740. The number of carbonyl (C=O) groups is 1. The zero-order valence-corrected chi connectivity index (χ0v) is 15.2. The Morgan fingerprint density at radius 2 is 2.09 bits per heavy atom. The Morgan fingerprint density at radius 3 is 2.68 bits per heavy atom. The van der Waals surface area contributed by atoms with Gasteiger partial charge in [0.25, 0.3) is 0 Å². The first-order valence-electron chi connectivity index (χ1n) is 7.52. The zero-order valence-electron chi connectivity index (χ0n) is 13.6. The number of nitrogens with zero attached hydrogens (tertiary/aromatic N) is 1. The maximum Gasteiger partial charge on any atom is 0.410 e. The number of halogens is 1. The van der Waals surface area contributed by atoms with E-state index in [2.05, 4.69) is 28.1 Å². The normalized spacial score (nSPS) is 21.8. The molecule has 1 aliphatic rings. The number of hydrogen-bond acceptors (Lipinski definition) is 3. The lowest BCUT2D eigenvalue weighted by atomic mass is 9.90. The van der Waals surface area contributed by atoms with Gasteiger partial charge in [0.05, 0.1) is 7.11 Å². The molecule has 5 heteroatoms. The van der Waals surface area contributed by atoms with Gasteiger partial charge in [0.2, 0.25) is 0 Å². The summed E-state index contributed by atoms with van der Waals surface area (Å²) in [6, 6.07) is 8.09. The fourth-order valence-corrected chi connectivity index (χ4v) is 3.41. The van der Waals surface area contributed by atoms with Crippen LogP contribution < -0.4 is 4.74 Å². The topological polar surface area (TPSA) is 38.8 Å². The number of benzene rings is 1. The van der Waals surface area contributed by atoms with E-state index in [1.54, 1.807) is 12.0 Å². The highest BCUT2D eigenvalue weighted by Crippen LogP contribution is 2.35. The van der Waals surface area contributed by atoms with Crippen molar-refractivity contribution in [1.82, 2.24) is 4.90 Å². The minimum Gasteiger partial charge on any atom is -0.497 e. The molecule has 1 heterocycles. The van der Waals surface area contributed by atoms with Crippen molar-refractivity contribution in [2.24, 2.45) is 5.92 Å². The van der Waals surface area contributed by atoms with E-state index < -0.39 is 5.60 Å². The highest BCUT2D eigenvalue weighted by atomic mass is 79.9. The van der Waals surface area contributed by atoms with Crippen LogP contribution in [0.3, 0.4) is 0 Å². The molecular weight excluding hydrogens is 346 g/mol. The molecule has 1 saturated heterocycles. The van der Waals surface area contributed by atoms with Crippen molar-refractivity contribution in [3.8, 4) is 5.75 Å². The van der Waals surface area contributed by atoms with Crippen LogP contribution in [-0.2, 0) is 4.74 Å². The largest absolute Gasteiger partial charge is 0.497 e. The van der Waals surface area contributed by atoms with E-state index in [4.69, 9.17) is 9.47 Å². The van der Waals surface area contributed by atoms with E-state index in [0.29, 0.717) is 24.9 Å². The Labute approximate surface area is 140 Å². The predicted molar refractivity (Wildman–Crippen MR) is 90.8 cm³/mol. The molecule has 1 aromatic carbocycles. The molecule has 2 rings (SSSR count). The number of rotatable bonds is 3. The van der Waals surface area contributed by atoms with Crippen LogP contribution in [0.25, 0.3) is 0 Å². The Balaban J connectivity index is 2.14. The third kappa shape index (κ3) is 4.15. The molecule has 1 aromatic rings. The molecule has 0 N–H and O–H groups in total. The van der Waals surface area contributed by atoms with Crippen molar-refractivity contribution in [3.63, 3.8) is 0 Å². The first-order valence-corrected chi connectivity index (χ1v) is 8.64. The second kappa shape index (κ2) is 6.90. The van der Waals surface area contributed by atoms with E-state index >= 15 is 0 Å². The molecular formula is C17H24BrNO3. The molecule has 0 saturated carbocycles. The van der Waals surface area contributed by atoms with Gasteiger partial charge < -0.3 is 14.4 Å². The minimum atomic E-state index is -0.463. The summed E-state index contributed by atoms with van der Waals surface area (Å²) in [5.74, 6) is 1.52. The Bertz CT molecular complexity index is 527. The van der Waals surface area contributed by atoms with Gasteiger partial charge in [-0.15, -0.1) is 0 Å². The number of hydrogen-bond donors (Lipinski definition) is 0. The third-order valence-electron chi connectivity index (χ3n) is 3.81. The average Bonchev–Trinajstić information content (AvgIpc) is 2.90. The Kier molecular flexibility index (Phi) is 5.37. The molecule has 122 valence electrons. The molecule has 0 radical (unpaired) electrons. The predicted octanol–water partition coefficient (Wildman–Crippen LogP) is 4.04. The number of carbonyl (C=O) groups excluding carboxylic acids is 1. The lowest BCUT2D eigenvalue weighted by molar-refractivity contribution is 0.0288. The number of amides is 1. The van der Waals surface area contributed by atoms with Gasteiger partial charge in [-0.3, -0.25) is 0 Å². The van der Waals surface area contributed by atoms with E-state index in [9.17, 15) is 4.79 Å². The summed E-state index contributed by atoms with van der Waals surface area (Å²) in [7, 11) is 1.67. The van der Waals surface area contributed by atoms with Gasteiger partial charge in [0.1, 0.15) is 11.4 Å². The van der Waals surface area contributed by atoms with Gasteiger partial charge in [0, 0.05) is 24.3 Å². The van der Waals surface area contributed by atoms with E-state index in [0.717, 1.165) is 11.1 Å². The summed E-state index contributed by atoms with van der Waals surface area (Å²) in [6.45, 7) is 7.06. The van der Waals surface area contributed by atoms with E-state index in [1.807, 2.05) is 32.9 Å². The van der Waals surface area contributed by atoms with Crippen LogP contribution in [0.15, 0.2) is 24.3 Å². The summed E-state index contributed by atoms with van der Waals surface area (Å²) < 4.78 is 10.8. The molecule has 0 unspecified atom stereocenters. The molecule has 0 aromatic heterocycles. The lowest BCUT2D eigenvalue weighted by Gasteiger charge is -2.24. The average molecular weight is 370 g/mol. The summed E-state index contributed by atoms with van der Waals surface area (Å²) in [5, 5.41) is 0.855. The fourth-order valence-electron chi connectivity index (χ4n) is 2.75. The second-order valence-corrected chi connectivity index (χ2v) is 7.33. The van der Waals surface area contributed by atoms with Crippen molar-refractivity contribution in [3.05, 3.63) is 29.8 Å². The van der Waals surface area contributed by atoms with Crippen LogP contribution in [0.5, 0.6) is 5.75 Å². The summed E-state index contributed by atoms with van der Waals surface area (Å²) >= 11 is 3.58. The molecule has 1 aliphatic heterocycles. The van der Waals surface area contributed by atoms with Gasteiger partial charge in [-0.1, -0.05) is 28.1 Å². The van der Waals surface area contributed by atoms with Crippen LogP contribution in [0.2, 0.25) is 0 Å². The number of methoxy groups -OCH3 is 1. The molecule has 1 amide bonds. The molecule has 0 bridgehead atoms. The van der Waals surface area contributed by atoms with Crippen LogP contribution in [0.4, 0.5) is 4.79 Å². The van der Waals surface area contributed by atoms with Crippen LogP contribution in [0.1, 0.15) is 32.3 Å². The lowest BCUT2D eigenvalue weighted by Crippen LogP contribution is -2.35. The van der Waals surface area contributed by atoms with Gasteiger partial charge in [-0.2, -0.15) is 0 Å². The minimum absolute atomic E-state index is 0.233. The van der Waals surface area contributed by atoms with Crippen LogP contribution >= 0.6 is 15.9 Å². The SMILES string of the molecule is COc1cccc([C@@H]2CN(C(=O)OC(C)(C)C)C[C@H]2CBr)c1. The maximum atomic E-state index is 12.3. The second-order valence-electron chi connectivity index (χ2n) is 6.68. The van der Waals surface area contributed by atoms with Crippen LogP contribution in [0, 0.1) is 5.92 Å².